The van der Waals surface area contributed by atoms with E-state index in [4.69, 9.17) is 9.47 Å². The lowest BCUT2D eigenvalue weighted by Crippen LogP contribution is -2.44. The van der Waals surface area contributed by atoms with Crippen molar-refractivity contribution in [2.75, 3.05) is 40.5 Å². The van der Waals surface area contributed by atoms with Gasteiger partial charge in [-0.15, -0.1) is 0 Å². The summed E-state index contributed by atoms with van der Waals surface area (Å²) >= 11 is 3.64. The Morgan fingerprint density at radius 3 is 2.35 bits per heavy atom. The van der Waals surface area contributed by atoms with Crippen LogP contribution in [-0.4, -0.2) is 66.8 Å². The van der Waals surface area contributed by atoms with Crippen LogP contribution in [0.4, 0.5) is 4.79 Å². The van der Waals surface area contributed by atoms with Gasteiger partial charge < -0.3 is 19.3 Å². The third-order valence-electron chi connectivity index (χ3n) is 3.29. The molecule has 1 heterocycles. The van der Waals surface area contributed by atoms with Crippen molar-refractivity contribution in [1.29, 1.82) is 0 Å². The fourth-order valence-corrected chi connectivity index (χ4v) is 2.57. The Kier molecular flexibility index (Phi) is 5.22. The van der Waals surface area contributed by atoms with Gasteiger partial charge in [0.05, 0.1) is 19.3 Å². The third-order valence-corrected chi connectivity index (χ3v) is 4.38. The maximum atomic E-state index is 12.3. The molecule has 0 bridgehead atoms. The second-order valence-corrected chi connectivity index (χ2v) is 5.92. The molecule has 0 radical (unpaired) electrons. The van der Waals surface area contributed by atoms with Gasteiger partial charge in [0.1, 0.15) is 4.45 Å². The van der Waals surface area contributed by atoms with Gasteiger partial charge in [-0.2, -0.15) is 0 Å². The van der Waals surface area contributed by atoms with Crippen LogP contribution >= 0.6 is 15.9 Å². The number of urea groups is 1. The van der Waals surface area contributed by atoms with E-state index >= 15 is 0 Å². The van der Waals surface area contributed by atoms with Crippen LogP contribution < -0.4 is 0 Å². The zero-order chi connectivity index (χ0) is 13.1. The van der Waals surface area contributed by atoms with Crippen molar-refractivity contribution in [3.63, 3.8) is 0 Å². The molecule has 6 heteroatoms. The van der Waals surface area contributed by atoms with Crippen LogP contribution in [0.1, 0.15) is 13.8 Å². The summed E-state index contributed by atoms with van der Waals surface area (Å²) in [7, 11) is 3.28. The van der Waals surface area contributed by atoms with E-state index in [-0.39, 0.29) is 16.5 Å². The van der Waals surface area contributed by atoms with E-state index < -0.39 is 0 Å². The first-order valence-electron chi connectivity index (χ1n) is 5.71. The molecule has 0 N–H and O–H groups in total. The van der Waals surface area contributed by atoms with Crippen LogP contribution in [0.2, 0.25) is 0 Å². The normalized spacial score (nSPS) is 29.2. The lowest BCUT2D eigenvalue weighted by Gasteiger charge is -2.30. The highest BCUT2D eigenvalue weighted by Gasteiger charge is 2.50. The van der Waals surface area contributed by atoms with Crippen LogP contribution in [-0.2, 0) is 9.47 Å². The lowest BCUT2D eigenvalue weighted by atomic mass is 10.1. The van der Waals surface area contributed by atoms with Gasteiger partial charge in [-0.1, -0.05) is 15.9 Å². The highest BCUT2D eigenvalue weighted by Crippen LogP contribution is 2.37. The molecule has 5 nitrogen and oxygen atoms in total. The number of hydrogen-bond donors (Lipinski definition) is 0. The molecule has 0 aromatic heterocycles. The predicted octanol–water partition coefficient (Wildman–Crippen LogP) is 1.52. The van der Waals surface area contributed by atoms with Crippen LogP contribution in [0.25, 0.3) is 0 Å². The SMILES string of the molecule is COCCN1C(=O)N(CCOC)C(C)(Br)C1C. The first kappa shape index (κ1) is 14.7. The highest BCUT2D eigenvalue weighted by molar-refractivity contribution is 9.10. The molecular weight excluding hydrogens is 288 g/mol. The van der Waals surface area contributed by atoms with Crippen molar-refractivity contribution in [2.45, 2.75) is 24.3 Å². The Morgan fingerprint density at radius 1 is 1.29 bits per heavy atom. The van der Waals surface area contributed by atoms with Crippen molar-refractivity contribution in [3.8, 4) is 0 Å². The summed E-state index contributed by atoms with van der Waals surface area (Å²) in [5.41, 5.74) is 0. The van der Waals surface area contributed by atoms with Gasteiger partial charge in [0.2, 0.25) is 0 Å². The Hall–Kier alpha value is -0.330. The molecule has 1 rings (SSSR count). The van der Waals surface area contributed by atoms with Crippen molar-refractivity contribution >= 4 is 22.0 Å². The van der Waals surface area contributed by atoms with Gasteiger partial charge in [0.15, 0.2) is 0 Å². The maximum Gasteiger partial charge on any atom is 0.321 e. The van der Waals surface area contributed by atoms with Crippen LogP contribution in [0.3, 0.4) is 0 Å². The van der Waals surface area contributed by atoms with E-state index in [1.807, 2.05) is 18.7 Å². The fourth-order valence-electron chi connectivity index (χ4n) is 1.99. The molecule has 2 amide bonds. The monoisotopic (exact) mass is 308 g/mol. The molecular formula is C11H21BrN2O3. The molecule has 0 aromatic rings. The Morgan fingerprint density at radius 2 is 1.82 bits per heavy atom. The number of carbonyl (C=O) groups is 1. The summed E-state index contributed by atoms with van der Waals surface area (Å²) < 4.78 is 9.72. The molecule has 100 valence electrons. The first-order chi connectivity index (χ1) is 7.96. The van der Waals surface area contributed by atoms with Gasteiger partial charge in [-0.25, -0.2) is 4.79 Å². The lowest BCUT2D eigenvalue weighted by molar-refractivity contribution is 0.136. The van der Waals surface area contributed by atoms with E-state index in [9.17, 15) is 4.79 Å². The number of amides is 2. The van der Waals surface area contributed by atoms with Gasteiger partial charge in [0.25, 0.3) is 0 Å². The summed E-state index contributed by atoms with van der Waals surface area (Å²) in [5.74, 6) is 0. The molecule has 0 aromatic carbocycles. The van der Waals surface area contributed by atoms with Gasteiger partial charge >= 0.3 is 6.03 Å². The summed E-state index contributed by atoms with van der Waals surface area (Å²) in [4.78, 5) is 15.9. The molecule has 1 aliphatic heterocycles. The maximum absolute atomic E-state index is 12.3. The molecule has 0 spiro atoms. The largest absolute Gasteiger partial charge is 0.383 e. The minimum absolute atomic E-state index is 0.0333. The van der Waals surface area contributed by atoms with E-state index in [0.717, 1.165) is 0 Å². The average molecular weight is 309 g/mol. The van der Waals surface area contributed by atoms with E-state index in [1.165, 1.54) is 0 Å². The molecule has 1 aliphatic rings. The van der Waals surface area contributed by atoms with Gasteiger partial charge in [0, 0.05) is 27.3 Å². The molecule has 17 heavy (non-hydrogen) atoms. The number of carbonyl (C=O) groups excluding carboxylic acids is 1. The third kappa shape index (κ3) is 2.92. The summed E-state index contributed by atoms with van der Waals surface area (Å²) in [6.07, 6.45) is 0. The number of nitrogens with zero attached hydrogens (tertiary/aromatic N) is 2. The van der Waals surface area contributed by atoms with Crippen molar-refractivity contribution in [1.82, 2.24) is 9.80 Å². The van der Waals surface area contributed by atoms with E-state index in [1.54, 1.807) is 19.1 Å². The summed E-state index contributed by atoms with van der Waals surface area (Å²) in [6, 6.07) is 0.132. The van der Waals surface area contributed by atoms with E-state index in [0.29, 0.717) is 26.3 Å². The fraction of sp³-hybridized carbons (Fsp3) is 0.909. The average Bonchev–Trinajstić information content (AvgIpc) is 2.43. The van der Waals surface area contributed by atoms with Gasteiger partial charge in [-0.3, -0.25) is 0 Å². The second-order valence-electron chi connectivity index (χ2n) is 4.31. The minimum Gasteiger partial charge on any atom is -0.383 e. The zero-order valence-corrected chi connectivity index (χ0v) is 12.5. The quantitative estimate of drug-likeness (QED) is 0.552. The molecule has 2 atom stereocenters. The predicted molar refractivity (Wildman–Crippen MR) is 69.4 cm³/mol. The topological polar surface area (TPSA) is 42.0 Å². The smallest absolute Gasteiger partial charge is 0.321 e. The first-order valence-corrected chi connectivity index (χ1v) is 6.51. The van der Waals surface area contributed by atoms with Gasteiger partial charge in [-0.05, 0) is 13.8 Å². The highest BCUT2D eigenvalue weighted by atomic mass is 79.9. The van der Waals surface area contributed by atoms with Crippen molar-refractivity contribution in [2.24, 2.45) is 0 Å². The second kappa shape index (κ2) is 6.02. The number of rotatable bonds is 6. The summed E-state index contributed by atoms with van der Waals surface area (Å²) in [6.45, 7) is 6.34. The molecule has 2 unspecified atom stereocenters. The zero-order valence-electron chi connectivity index (χ0n) is 10.9. The van der Waals surface area contributed by atoms with Crippen molar-refractivity contribution in [3.05, 3.63) is 0 Å². The molecule has 0 saturated carbocycles. The number of hydrogen-bond acceptors (Lipinski definition) is 3. The van der Waals surface area contributed by atoms with Crippen LogP contribution in [0, 0.1) is 0 Å². The molecule has 1 fully saturated rings. The number of halogens is 1. The number of alkyl halides is 1. The molecule has 1 saturated heterocycles. The Bertz CT molecular complexity index is 273. The van der Waals surface area contributed by atoms with E-state index in [2.05, 4.69) is 15.9 Å². The number of methoxy groups -OCH3 is 2. The van der Waals surface area contributed by atoms with Crippen LogP contribution in [0.5, 0.6) is 0 Å². The molecule has 0 aliphatic carbocycles. The Labute approximate surface area is 111 Å². The summed E-state index contributed by atoms with van der Waals surface area (Å²) in [5, 5.41) is 0. The van der Waals surface area contributed by atoms with Crippen molar-refractivity contribution < 1.29 is 14.3 Å². The number of ether oxygens (including phenoxy) is 2. The standard InChI is InChI=1S/C11H21BrN2O3/c1-9-11(2,12)14(6-8-17-4)10(15)13(9)5-7-16-3/h9H,5-8H2,1-4H3. The minimum atomic E-state index is -0.351. The Balaban J connectivity index is 2.75. The van der Waals surface area contributed by atoms with Crippen LogP contribution in [0.15, 0.2) is 0 Å².